The van der Waals surface area contributed by atoms with Crippen LogP contribution >= 0.6 is 0 Å². The molecule has 0 aliphatic carbocycles. The quantitative estimate of drug-likeness (QED) is 0.0588. The molecule has 0 saturated carbocycles. The number of hydrogen-bond acceptors (Lipinski definition) is 13. The van der Waals surface area contributed by atoms with E-state index in [-0.39, 0.29) is 32.7 Å². The maximum absolute atomic E-state index is 8.64. The zero-order chi connectivity index (χ0) is 57.4. The first-order valence-corrected chi connectivity index (χ1v) is 32.3. The van der Waals surface area contributed by atoms with Crippen molar-refractivity contribution < 1.29 is 55.8 Å². The summed E-state index contributed by atoms with van der Waals surface area (Å²) in [5.74, 6) is 7.72. The van der Waals surface area contributed by atoms with E-state index in [0.717, 1.165) is 51.7 Å². The Labute approximate surface area is 483 Å². The van der Waals surface area contributed by atoms with Crippen LogP contribution in [0.2, 0.25) is 0 Å². The second kappa shape index (κ2) is 31.5. The Morgan fingerprint density at radius 1 is 0.212 bits per heavy atom. The van der Waals surface area contributed by atoms with Gasteiger partial charge in [0.2, 0.25) is 0 Å². The van der Waals surface area contributed by atoms with E-state index in [2.05, 4.69) is 109 Å². The summed E-state index contributed by atoms with van der Waals surface area (Å²) in [6.07, 6.45) is 0. The molecule has 9 aromatic rings. The van der Waals surface area contributed by atoms with E-state index >= 15 is 0 Å². The summed E-state index contributed by atoms with van der Waals surface area (Å²) in [5.41, 5.74) is 0. The molecule has 0 heterocycles. The van der Waals surface area contributed by atoms with Crippen molar-refractivity contribution in [2.24, 2.45) is 0 Å². The molecule has 13 nitrogen and oxygen atoms in total. The zero-order valence-corrected chi connectivity index (χ0v) is 50.8. The topological polar surface area (TPSA) is 169 Å². The number of hydrogen-bond donors (Lipinski definition) is 0. The van der Waals surface area contributed by atoms with Gasteiger partial charge in [-0.2, -0.15) is 0 Å². The third-order valence-corrected chi connectivity index (χ3v) is 18.3. The standard InChI is InChI=1S/3C21H21O3S.4O.Sb/c3*1-22-16-4-10-19(11-5-16)25(20-12-6-17(23-2)7-13-20)21-14-8-18(24-3)9-15-21;;;;;/h3*4-15H,1-3H3;;;;;/q3*+1;;3*-1;. The molecule has 0 aliphatic heterocycles. The molecular weight excluding hydrogens is 1180 g/mol. The molecule has 0 aliphatic rings. The summed E-state index contributed by atoms with van der Waals surface area (Å²) in [6, 6.07) is 74.2. The second-order valence-electron chi connectivity index (χ2n) is 16.4. The zero-order valence-electron chi connectivity index (χ0n) is 45.8. The van der Waals surface area contributed by atoms with Crippen molar-refractivity contribution in [1.29, 1.82) is 0 Å². The van der Waals surface area contributed by atoms with Crippen molar-refractivity contribution in [3.63, 3.8) is 0 Å². The molecule has 80 heavy (non-hydrogen) atoms. The molecule has 9 aromatic carbocycles. The second-order valence-corrected chi connectivity index (χ2v) is 25.1. The summed E-state index contributed by atoms with van der Waals surface area (Å²) >= 11 is -6.10. The average molecular weight is 1250 g/mol. The van der Waals surface area contributed by atoms with Crippen LogP contribution in [0.1, 0.15) is 0 Å². The van der Waals surface area contributed by atoms with Crippen LogP contribution in [0.15, 0.2) is 262 Å². The van der Waals surface area contributed by atoms with Crippen molar-refractivity contribution >= 4 is 52.7 Å². The maximum atomic E-state index is 8.64. The van der Waals surface area contributed by atoms with E-state index in [1.54, 1.807) is 64.0 Å². The number of rotatable bonds is 18. The fourth-order valence-electron chi connectivity index (χ4n) is 7.63. The van der Waals surface area contributed by atoms with Gasteiger partial charge in [0.1, 0.15) is 51.7 Å². The molecule has 416 valence electrons. The van der Waals surface area contributed by atoms with Gasteiger partial charge in [-0.05, 0) is 218 Å². The Morgan fingerprint density at radius 3 is 0.350 bits per heavy atom. The van der Waals surface area contributed by atoms with Gasteiger partial charge in [0.25, 0.3) is 0 Å². The minimum absolute atomic E-state index is 0.212. The molecule has 0 saturated heterocycles. The van der Waals surface area contributed by atoms with Crippen LogP contribution in [0, 0.1) is 0 Å². The van der Waals surface area contributed by atoms with Crippen LogP contribution in [0.3, 0.4) is 0 Å². The van der Waals surface area contributed by atoms with Crippen LogP contribution in [0.25, 0.3) is 0 Å². The van der Waals surface area contributed by atoms with Crippen molar-refractivity contribution in [2.45, 2.75) is 44.1 Å². The Hall–Kier alpha value is -7.27. The number of ether oxygens (including phenoxy) is 9. The number of benzene rings is 9. The summed E-state index contributed by atoms with van der Waals surface area (Å²) in [7, 11) is 14.5. The van der Waals surface area contributed by atoms with Crippen LogP contribution in [-0.4, -0.2) is 84.0 Å². The molecule has 0 atom stereocenters. The predicted octanol–water partition coefficient (Wildman–Crippen LogP) is 10.4. The molecule has 0 amide bonds. The molecule has 0 aromatic heterocycles. The third kappa shape index (κ3) is 18.4. The molecule has 9 rings (SSSR count). The molecule has 0 bridgehead atoms. The molecule has 0 N–H and O–H groups in total. The van der Waals surface area contributed by atoms with Crippen molar-refractivity contribution in [1.82, 2.24) is 0 Å². The van der Waals surface area contributed by atoms with Crippen LogP contribution < -0.4 is 52.8 Å². The van der Waals surface area contributed by atoms with E-state index in [9.17, 15) is 0 Å². The summed E-state index contributed by atoms with van der Waals surface area (Å²) in [4.78, 5) is 11.1. The van der Waals surface area contributed by atoms with Gasteiger partial charge >= 0.3 is 33.2 Å². The summed E-state index contributed by atoms with van der Waals surface area (Å²) in [6.45, 7) is 0. The van der Waals surface area contributed by atoms with Gasteiger partial charge in [-0.1, -0.05) is 0 Å². The minimum atomic E-state index is -6.10. The van der Waals surface area contributed by atoms with E-state index < -0.39 is 20.1 Å². The first-order valence-electron chi connectivity index (χ1n) is 24.5. The van der Waals surface area contributed by atoms with Gasteiger partial charge in [-0.3, -0.25) is 0 Å². The Balaban J connectivity index is 0.000000185. The molecule has 17 heteroatoms. The fourth-order valence-corrected chi connectivity index (χ4v) is 13.8. The van der Waals surface area contributed by atoms with E-state index in [1.807, 2.05) is 109 Å². The average Bonchev–Trinajstić information content (AvgIpc) is 3.53. The van der Waals surface area contributed by atoms with Gasteiger partial charge in [0.15, 0.2) is 44.1 Å². The molecule has 0 fully saturated rings. The van der Waals surface area contributed by atoms with Gasteiger partial charge in [-0.25, -0.2) is 0 Å². The first-order chi connectivity index (χ1) is 38.7. The van der Waals surface area contributed by atoms with E-state index in [4.69, 9.17) is 55.8 Å². The van der Waals surface area contributed by atoms with Gasteiger partial charge in [0.05, 0.1) is 96.7 Å². The normalized spacial score (nSPS) is 10.6. The first kappa shape index (κ1) is 61.9. The van der Waals surface area contributed by atoms with Gasteiger partial charge < -0.3 is 42.6 Å². The summed E-state index contributed by atoms with van der Waals surface area (Å²) in [5, 5.41) is 0. The fraction of sp³-hybridized carbons (Fsp3) is 0.143. The van der Waals surface area contributed by atoms with E-state index in [1.165, 1.54) is 44.1 Å². The summed E-state index contributed by atoms with van der Waals surface area (Å²) < 4.78 is 82.2. The van der Waals surface area contributed by atoms with Crippen LogP contribution in [-0.2, 0) is 35.7 Å². The Bertz CT molecular complexity index is 2570. The van der Waals surface area contributed by atoms with Crippen molar-refractivity contribution in [3.8, 4) is 51.7 Å². The molecule has 0 unspecified atom stereocenters. The van der Waals surface area contributed by atoms with Crippen molar-refractivity contribution in [2.75, 3.05) is 64.0 Å². The Morgan fingerprint density at radius 2 is 0.287 bits per heavy atom. The van der Waals surface area contributed by atoms with Crippen molar-refractivity contribution in [3.05, 3.63) is 218 Å². The Kier molecular flexibility index (Phi) is 24.4. The monoisotopic (exact) mass is 1240 g/mol. The predicted molar refractivity (Wildman–Crippen MR) is 310 cm³/mol. The van der Waals surface area contributed by atoms with Crippen LogP contribution in [0.5, 0.6) is 51.7 Å². The molecular formula is C63H63O13S3Sb. The molecule has 0 spiro atoms. The molecule has 0 radical (unpaired) electrons. The van der Waals surface area contributed by atoms with Gasteiger partial charge in [0, 0.05) is 0 Å². The van der Waals surface area contributed by atoms with Crippen LogP contribution in [0.4, 0.5) is 0 Å². The SMILES string of the molecule is COc1ccc([S+](c2ccc(OC)cc2)c2ccc(OC)cc2)cc1.COc1ccc([S+](c2ccc(OC)cc2)c2ccc(OC)cc2)cc1.COc1ccc([S+](c2ccc(OC)cc2)c2ccc(OC)cc2)cc1.[O]=[Sb]([O-])([O-])[O-]. The van der Waals surface area contributed by atoms with Gasteiger partial charge in [-0.15, -0.1) is 0 Å². The third-order valence-electron chi connectivity index (χ3n) is 11.7. The number of methoxy groups -OCH3 is 9. The van der Waals surface area contributed by atoms with E-state index in [0.29, 0.717) is 0 Å².